The maximum absolute atomic E-state index is 12.8. The molecule has 3 N–H and O–H groups in total. The Labute approximate surface area is 134 Å². The van der Waals surface area contributed by atoms with Gasteiger partial charge in [-0.25, -0.2) is 4.98 Å². The summed E-state index contributed by atoms with van der Waals surface area (Å²) in [6.07, 6.45) is -3.64. The summed E-state index contributed by atoms with van der Waals surface area (Å²) in [5.41, 5.74) is 6.19. The predicted octanol–water partition coefficient (Wildman–Crippen LogP) is 2.41. The molecule has 1 atom stereocenters. The molecule has 0 saturated carbocycles. The van der Waals surface area contributed by atoms with Gasteiger partial charge in [-0.15, -0.1) is 24.8 Å². The highest BCUT2D eigenvalue weighted by atomic mass is 35.5. The fraction of sp³-hybridized carbons (Fsp3) is 0.583. The van der Waals surface area contributed by atoms with E-state index in [1.165, 1.54) is 6.20 Å². The molecule has 4 nitrogen and oxygen atoms in total. The van der Waals surface area contributed by atoms with Gasteiger partial charge < -0.3 is 11.1 Å². The number of nitrogens with zero attached hydrogens (tertiary/aromatic N) is 2. The van der Waals surface area contributed by atoms with Gasteiger partial charge in [0.25, 0.3) is 0 Å². The van der Waals surface area contributed by atoms with Gasteiger partial charge in [-0.05, 0) is 6.07 Å². The van der Waals surface area contributed by atoms with Crippen molar-refractivity contribution in [3.63, 3.8) is 0 Å². The largest absolute Gasteiger partial charge is 0.390 e. The molecule has 9 heteroatoms. The van der Waals surface area contributed by atoms with Crippen LogP contribution >= 0.6 is 24.8 Å². The van der Waals surface area contributed by atoms with E-state index in [1.54, 1.807) is 12.1 Å². The van der Waals surface area contributed by atoms with Crippen molar-refractivity contribution in [3.05, 3.63) is 23.9 Å². The number of nitrogens with two attached hydrogens (primary N) is 1. The zero-order valence-electron chi connectivity index (χ0n) is 11.3. The molecule has 2 heterocycles. The summed E-state index contributed by atoms with van der Waals surface area (Å²) in [7, 11) is 0. The molecule has 1 aliphatic heterocycles. The molecule has 0 aromatic carbocycles. The maximum Gasteiger partial charge on any atom is 0.390 e. The lowest BCUT2D eigenvalue weighted by Gasteiger charge is -2.35. The predicted molar refractivity (Wildman–Crippen MR) is 81.0 cm³/mol. The third kappa shape index (κ3) is 5.86. The summed E-state index contributed by atoms with van der Waals surface area (Å²) < 4.78 is 38.3. The summed E-state index contributed by atoms with van der Waals surface area (Å²) in [5, 5.41) is 3.13. The monoisotopic (exact) mass is 346 g/mol. The highest BCUT2D eigenvalue weighted by Crippen LogP contribution is 2.35. The number of pyridine rings is 1. The van der Waals surface area contributed by atoms with Gasteiger partial charge in [0.2, 0.25) is 0 Å². The van der Waals surface area contributed by atoms with Crippen molar-refractivity contribution in [3.8, 4) is 0 Å². The molecule has 1 aliphatic rings. The summed E-state index contributed by atoms with van der Waals surface area (Å²) in [6, 6.07) is 2.49. The van der Waals surface area contributed by atoms with E-state index < -0.39 is 18.6 Å². The van der Waals surface area contributed by atoms with Crippen LogP contribution in [-0.2, 0) is 0 Å². The molecule has 0 amide bonds. The lowest BCUT2D eigenvalue weighted by molar-refractivity contribution is -0.148. The van der Waals surface area contributed by atoms with Gasteiger partial charge in [-0.2, -0.15) is 13.2 Å². The first-order valence-electron chi connectivity index (χ1n) is 6.19. The molecular formula is C12H19Cl2F3N4. The summed E-state index contributed by atoms with van der Waals surface area (Å²) in [6.45, 7) is 2.53. The molecular weight excluding hydrogens is 328 g/mol. The lowest BCUT2D eigenvalue weighted by atomic mass is 10.0. The van der Waals surface area contributed by atoms with E-state index in [1.807, 2.05) is 4.90 Å². The number of piperazine rings is 1. The van der Waals surface area contributed by atoms with Crippen LogP contribution in [0.25, 0.3) is 0 Å². The van der Waals surface area contributed by atoms with Gasteiger partial charge in [-0.1, -0.05) is 6.07 Å². The van der Waals surface area contributed by atoms with Crippen LogP contribution in [0.15, 0.2) is 18.3 Å². The highest BCUT2D eigenvalue weighted by Gasteiger charge is 2.36. The van der Waals surface area contributed by atoms with E-state index in [2.05, 4.69) is 10.3 Å². The number of hydrogen-bond acceptors (Lipinski definition) is 4. The van der Waals surface area contributed by atoms with Crippen molar-refractivity contribution in [2.75, 3.05) is 31.9 Å². The third-order valence-corrected chi connectivity index (χ3v) is 3.25. The van der Waals surface area contributed by atoms with Crippen molar-refractivity contribution in [1.29, 1.82) is 0 Å². The van der Waals surface area contributed by atoms with Gasteiger partial charge in [0, 0.05) is 44.0 Å². The topological polar surface area (TPSA) is 54.2 Å². The van der Waals surface area contributed by atoms with Gasteiger partial charge in [0.05, 0.1) is 6.42 Å². The van der Waals surface area contributed by atoms with Gasteiger partial charge >= 0.3 is 6.18 Å². The van der Waals surface area contributed by atoms with E-state index in [-0.39, 0.29) is 30.6 Å². The average molecular weight is 347 g/mol. The van der Waals surface area contributed by atoms with Gasteiger partial charge in [-0.3, -0.25) is 4.90 Å². The Morgan fingerprint density at radius 1 is 1.29 bits per heavy atom. The van der Waals surface area contributed by atoms with Crippen molar-refractivity contribution >= 4 is 30.6 Å². The van der Waals surface area contributed by atoms with Crippen molar-refractivity contribution in [1.82, 2.24) is 15.2 Å². The summed E-state index contributed by atoms with van der Waals surface area (Å²) in [4.78, 5) is 5.71. The number of hydrogen-bond donors (Lipinski definition) is 2. The average Bonchev–Trinajstić information content (AvgIpc) is 2.37. The number of rotatable bonds is 3. The molecule has 1 saturated heterocycles. The number of nitrogen functional groups attached to an aromatic ring is 1. The van der Waals surface area contributed by atoms with Crippen LogP contribution in [0.5, 0.6) is 0 Å². The minimum absolute atomic E-state index is 0. The molecule has 0 spiro atoms. The molecule has 1 aromatic heterocycles. The first-order valence-corrected chi connectivity index (χ1v) is 6.19. The van der Waals surface area contributed by atoms with Crippen LogP contribution < -0.4 is 11.1 Å². The van der Waals surface area contributed by atoms with Crippen LogP contribution in [0.3, 0.4) is 0 Å². The molecule has 2 rings (SSSR count). The molecule has 1 aromatic rings. The van der Waals surface area contributed by atoms with Gasteiger partial charge in [0.15, 0.2) is 0 Å². The second kappa shape index (κ2) is 8.63. The molecule has 0 bridgehead atoms. The Kier molecular flexibility index (Phi) is 8.31. The quantitative estimate of drug-likeness (QED) is 0.882. The molecule has 0 aliphatic carbocycles. The Bertz CT molecular complexity index is 425. The number of alkyl halides is 3. The normalized spacial score (nSPS) is 17.5. The van der Waals surface area contributed by atoms with E-state index in [0.29, 0.717) is 31.7 Å². The Morgan fingerprint density at radius 2 is 1.90 bits per heavy atom. The standard InChI is InChI=1S/C12H17F3N4.2ClH/c13-12(14,15)8-10(19-6-4-17-5-7-19)9-2-1-3-18-11(9)16;;/h1-3,10,17H,4-8H2,(H2,16,18);2*1H/t10-;;/m1../s1. The first-order chi connectivity index (χ1) is 8.97. The number of anilines is 1. The SMILES string of the molecule is Cl.Cl.Nc1ncccc1[C@@H](CC(F)(F)F)N1CCNCC1. The molecule has 122 valence electrons. The molecule has 0 radical (unpaired) electrons. The Balaban J connectivity index is 0.00000200. The molecule has 0 unspecified atom stereocenters. The van der Waals surface area contributed by atoms with E-state index in [0.717, 1.165) is 0 Å². The number of nitrogens with one attached hydrogen (secondary N) is 1. The Morgan fingerprint density at radius 3 is 2.43 bits per heavy atom. The van der Waals surface area contributed by atoms with E-state index in [4.69, 9.17) is 5.73 Å². The first kappa shape index (κ1) is 20.2. The minimum Gasteiger partial charge on any atom is -0.383 e. The molecule has 1 fully saturated rings. The van der Waals surface area contributed by atoms with Crippen molar-refractivity contribution in [2.24, 2.45) is 0 Å². The van der Waals surface area contributed by atoms with E-state index >= 15 is 0 Å². The zero-order valence-corrected chi connectivity index (χ0v) is 12.9. The van der Waals surface area contributed by atoms with Crippen LogP contribution in [0, 0.1) is 0 Å². The maximum atomic E-state index is 12.8. The highest BCUT2D eigenvalue weighted by molar-refractivity contribution is 5.85. The zero-order chi connectivity index (χ0) is 13.9. The lowest BCUT2D eigenvalue weighted by Crippen LogP contribution is -2.46. The van der Waals surface area contributed by atoms with Crippen molar-refractivity contribution in [2.45, 2.75) is 18.6 Å². The van der Waals surface area contributed by atoms with Crippen LogP contribution in [0.1, 0.15) is 18.0 Å². The smallest absolute Gasteiger partial charge is 0.383 e. The minimum atomic E-state index is -4.22. The fourth-order valence-electron chi connectivity index (χ4n) is 2.36. The summed E-state index contributed by atoms with van der Waals surface area (Å²) in [5.74, 6) is 0.176. The molecule has 21 heavy (non-hydrogen) atoms. The van der Waals surface area contributed by atoms with Crippen molar-refractivity contribution < 1.29 is 13.2 Å². The second-order valence-electron chi connectivity index (χ2n) is 4.60. The second-order valence-corrected chi connectivity index (χ2v) is 4.60. The van der Waals surface area contributed by atoms with Crippen LogP contribution in [0.4, 0.5) is 19.0 Å². The van der Waals surface area contributed by atoms with Gasteiger partial charge in [0.1, 0.15) is 5.82 Å². The number of aromatic nitrogens is 1. The van der Waals surface area contributed by atoms with Crippen LogP contribution in [-0.4, -0.2) is 42.2 Å². The van der Waals surface area contributed by atoms with Crippen LogP contribution in [0.2, 0.25) is 0 Å². The summed E-state index contributed by atoms with van der Waals surface area (Å²) >= 11 is 0. The van der Waals surface area contributed by atoms with E-state index in [9.17, 15) is 13.2 Å². The number of halogens is 5. The Hall–Kier alpha value is -0.760. The fourth-order valence-corrected chi connectivity index (χ4v) is 2.36. The third-order valence-electron chi connectivity index (χ3n) is 3.25.